The van der Waals surface area contributed by atoms with Crippen LogP contribution in [0.1, 0.15) is 83.2 Å². The molecule has 19 rings (SSSR count). The van der Waals surface area contributed by atoms with E-state index < -0.39 is 0 Å². The molecule has 0 saturated heterocycles. The van der Waals surface area contributed by atoms with Crippen LogP contribution in [-0.2, 0) is 16.2 Å². The number of hydrogen-bond acceptors (Lipinski definition) is 4. The van der Waals surface area contributed by atoms with Crippen LogP contribution in [0.25, 0.3) is 112 Å². The molecule has 3 fully saturated rings. The minimum atomic E-state index is -0.134. The molecule has 7 atom stereocenters. The molecule has 0 aliphatic heterocycles. The summed E-state index contributed by atoms with van der Waals surface area (Å²) in [6.45, 7) is 0. The van der Waals surface area contributed by atoms with Crippen molar-refractivity contribution >= 4 is 21.9 Å². The maximum absolute atomic E-state index is 6.27. The average molecular weight is 1090 g/mol. The van der Waals surface area contributed by atoms with Crippen molar-refractivity contribution in [3.8, 4) is 89.8 Å². The summed E-state index contributed by atoms with van der Waals surface area (Å²) >= 11 is 0. The van der Waals surface area contributed by atoms with Crippen LogP contribution in [0.2, 0.25) is 0 Å². The van der Waals surface area contributed by atoms with Crippen molar-refractivity contribution in [2.24, 2.45) is 5.92 Å². The summed E-state index contributed by atoms with van der Waals surface area (Å²) in [5, 5.41) is 2.10. The van der Waals surface area contributed by atoms with E-state index in [9.17, 15) is 0 Å². The third-order valence-corrected chi connectivity index (χ3v) is 21.7. The molecule has 0 amide bonds. The second kappa shape index (κ2) is 17.6. The fraction of sp³-hybridized carbons (Fsp3) is 0.148. The van der Waals surface area contributed by atoms with Crippen molar-refractivity contribution in [3.63, 3.8) is 0 Å². The molecule has 11 aromatic carbocycles. The van der Waals surface area contributed by atoms with Gasteiger partial charge in [0.2, 0.25) is 0 Å². The molecule has 3 saturated carbocycles. The number of fused-ring (bicyclic) bond motifs is 17. The second-order valence-electron chi connectivity index (χ2n) is 25.5. The van der Waals surface area contributed by atoms with Gasteiger partial charge in [-0.15, -0.1) is 0 Å². The number of nitrogens with zero attached hydrogens (tertiary/aromatic N) is 3. The summed E-state index contributed by atoms with van der Waals surface area (Å²) in [5.41, 5.74) is 26.7. The predicted molar refractivity (Wildman–Crippen MR) is 343 cm³/mol. The largest absolute Gasteiger partial charge is 0.456 e. The van der Waals surface area contributed by atoms with Crippen LogP contribution in [-0.4, -0.2) is 15.0 Å². The Morgan fingerprint density at radius 1 is 0.294 bits per heavy atom. The monoisotopic (exact) mass is 1090 g/mol. The van der Waals surface area contributed by atoms with Crippen molar-refractivity contribution in [3.05, 3.63) is 294 Å². The van der Waals surface area contributed by atoms with E-state index in [4.69, 9.17) is 19.4 Å². The number of benzene rings is 11. The Bertz CT molecular complexity index is 4940. The Hall–Kier alpha value is -9.77. The topological polar surface area (TPSA) is 51.8 Å². The van der Waals surface area contributed by atoms with Crippen molar-refractivity contribution in [1.29, 1.82) is 0 Å². The van der Waals surface area contributed by atoms with Crippen molar-refractivity contribution in [1.82, 2.24) is 15.0 Å². The van der Waals surface area contributed by atoms with Gasteiger partial charge in [0, 0.05) is 43.7 Å². The standard InChI is InChI=1S/C81H57N3O/c1-2-17-49(18-3-1)52-19-16-20-54(41-52)76-82-75(83-77(84-76)55-38-40-74-68(43-55)66-29-12-15-32-73(66)85-74)51-35-33-50(34-36-51)53-37-39-70-67(42-53)61-24-7-5-21-58(61)56-44-79(70)46-57-47-81(71-31-14-11-27-64(71)60-23-6-4-22-59(57)60)72-48-80(45-56,78(79)81)69-30-13-10-26-63(69)62-25-8-9-28-65(62)72/h1-43,56-57,72,78H,44-48H2. The quantitative estimate of drug-likeness (QED) is 0.172. The maximum Gasteiger partial charge on any atom is 0.164 e. The van der Waals surface area contributed by atoms with E-state index in [0.29, 0.717) is 41.1 Å². The van der Waals surface area contributed by atoms with Gasteiger partial charge in [-0.2, -0.15) is 0 Å². The number of rotatable bonds is 5. The van der Waals surface area contributed by atoms with Gasteiger partial charge in [-0.05, 0) is 181 Å². The predicted octanol–water partition coefficient (Wildman–Crippen LogP) is 20.1. The molecule has 7 unspecified atom stereocenters. The number of aromatic nitrogens is 3. The van der Waals surface area contributed by atoms with Crippen LogP contribution in [0.5, 0.6) is 0 Å². The highest BCUT2D eigenvalue weighted by atomic mass is 16.3. The van der Waals surface area contributed by atoms with Gasteiger partial charge in [0.15, 0.2) is 17.5 Å². The van der Waals surface area contributed by atoms with Crippen LogP contribution in [0.15, 0.2) is 265 Å². The Kier molecular flexibility index (Phi) is 9.90. The summed E-state index contributed by atoms with van der Waals surface area (Å²) in [6, 6.07) is 98.4. The fourth-order valence-corrected chi connectivity index (χ4v) is 18.9. The van der Waals surface area contributed by atoms with Gasteiger partial charge < -0.3 is 4.42 Å². The molecule has 4 heteroatoms. The average Bonchev–Trinajstić information content (AvgIpc) is 1.51. The second-order valence-corrected chi connectivity index (χ2v) is 25.5. The fourth-order valence-electron chi connectivity index (χ4n) is 18.9. The summed E-state index contributed by atoms with van der Waals surface area (Å²) in [5.74, 6) is 3.36. The lowest BCUT2D eigenvalue weighted by Crippen LogP contribution is -2.61. The van der Waals surface area contributed by atoms with Gasteiger partial charge in [0.25, 0.3) is 0 Å². The summed E-state index contributed by atoms with van der Waals surface area (Å²) < 4.78 is 6.27. The molecule has 85 heavy (non-hydrogen) atoms. The van der Waals surface area contributed by atoms with Crippen LogP contribution < -0.4 is 0 Å². The third-order valence-electron chi connectivity index (χ3n) is 21.7. The Morgan fingerprint density at radius 2 is 0.765 bits per heavy atom. The summed E-state index contributed by atoms with van der Waals surface area (Å²) in [6.07, 6.45) is 5.75. The van der Waals surface area contributed by atoms with Crippen LogP contribution in [0.4, 0.5) is 0 Å². The van der Waals surface area contributed by atoms with E-state index in [0.717, 1.165) is 81.9 Å². The highest BCUT2D eigenvalue weighted by Gasteiger charge is 2.76. The van der Waals surface area contributed by atoms with Crippen molar-refractivity contribution in [2.45, 2.75) is 66.1 Å². The first kappa shape index (κ1) is 47.7. The van der Waals surface area contributed by atoms with Crippen LogP contribution in [0, 0.1) is 5.92 Å². The molecule has 6 aliphatic carbocycles. The zero-order chi connectivity index (χ0) is 55.6. The van der Waals surface area contributed by atoms with Gasteiger partial charge in [-0.3, -0.25) is 0 Å². The first-order chi connectivity index (χ1) is 42.0. The summed E-state index contributed by atoms with van der Waals surface area (Å²) in [4.78, 5) is 15.8. The molecule has 4 nitrogen and oxygen atoms in total. The van der Waals surface area contributed by atoms with E-state index in [2.05, 4.69) is 243 Å². The summed E-state index contributed by atoms with van der Waals surface area (Å²) in [7, 11) is 0. The third kappa shape index (κ3) is 6.66. The van der Waals surface area contributed by atoms with E-state index in [-0.39, 0.29) is 16.2 Å². The first-order valence-electron chi connectivity index (χ1n) is 30.6. The van der Waals surface area contributed by atoms with Crippen LogP contribution in [0.3, 0.4) is 0 Å². The van der Waals surface area contributed by atoms with E-state index in [1.165, 1.54) is 55.6 Å². The van der Waals surface area contributed by atoms with Crippen molar-refractivity contribution in [2.75, 3.05) is 0 Å². The van der Waals surface area contributed by atoms with E-state index >= 15 is 0 Å². The zero-order valence-electron chi connectivity index (χ0n) is 46.9. The normalized spacial score (nSPS) is 23.2. The molecular formula is C81H57N3O. The molecule has 2 spiro atoms. The Balaban J connectivity index is 0.786. The van der Waals surface area contributed by atoms with Gasteiger partial charge in [0.1, 0.15) is 11.2 Å². The Morgan fingerprint density at radius 3 is 1.52 bits per heavy atom. The smallest absolute Gasteiger partial charge is 0.164 e. The highest BCUT2D eigenvalue weighted by molar-refractivity contribution is 6.06. The lowest BCUT2D eigenvalue weighted by Gasteiger charge is -2.64. The first-order valence-corrected chi connectivity index (χ1v) is 30.6. The molecule has 2 aromatic heterocycles. The van der Waals surface area contributed by atoms with Gasteiger partial charge in [-0.1, -0.05) is 224 Å². The molecular weight excluding hydrogens is 1030 g/mol. The van der Waals surface area contributed by atoms with E-state index in [1.54, 1.807) is 22.3 Å². The molecule has 0 N–H and O–H groups in total. The minimum Gasteiger partial charge on any atom is -0.456 e. The molecule has 402 valence electrons. The SMILES string of the molecule is c1ccc(-c2cccc(-c3nc(-c4ccc(-c5ccc6c(c5)-c5ccccc5C5CC67CC6CC8(c9ccccc9-c9ccccc96)C6CC(C5)(c5ccccc5-c5ccccc56)C78)cc4)nc(-c4ccc5oc6ccccc6c5c4)n3)c2)cc1. The zero-order valence-corrected chi connectivity index (χ0v) is 46.9. The molecule has 2 heterocycles. The molecule has 6 bridgehead atoms. The Labute approximate surface area is 494 Å². The molecule has 6 aliphatic rings. The van der Waals surface area contributed by atoms with E-state index in [1.807, 2.05) is 18.2 Å². The lowest BCUT2D eigenvalue weighted by atomic mass is 9.38. The molecule has 13 aromatic rings. The van der Waals surface area contributed by atoms with Gasteiger partial charge in [0.05, 0.1) is 0 Å². The van der Waals surface area contributed by atoms with Crippen molar-refractivity contribution < 1.29 is 4.42 Å². The lowest BCUT2D eigenvalue weighted by molar-refractivity contribution is -0.00418. The maximum atomic E-state index is 6.27. The number of furan rings is 1. The van der Waals surface area contributed by atoms with Crippen LogP contribution >= 0.6 is 0 Å². The highest BCUT2D eigenvalue weighted by Crippen LogP contribution is 2.82. The molecule has 0 radical (unpaired) electrons. The minimum absolute atomic E-state index is 0.0686. The number of para-hydroxylation sites is 1. The number of hydrogen-bond donors (Lipinski definition) is 0. The van der Waals surface area contributed by atoms with Gasteiger partial charge >= 0.3 is 0 Å². The van der Waals surface area contributed by atoms with Gasteiger partial charge in [-0.25, -0.2) is 15.0 Å².